The van der Waals surface area contributed by atoms with Gasteiger partial charge in [0.05, 0.1) is 0 Å². The van der Waals surface area contributed by atoms with Crippen LogP contribution in [0.3, 0.4) is 0 Å². The first kappa shape index (κ1) is 12.9. The summed E-state index contributed by atoms with van der Waals surface area (Å²) in [5, 5.41) is 3.49. The molecule has 0 bridgehead atoms. The summed E-state index contributed by atoms with van der Waals surface area (Å²) in [7, 11) is 2.16. The van der Waals surface area contributed by atoms with Gasteiger partial charge in [-0.2, -0.15) is 0 Å². The molecule has 0 radical (unpaired) electrons. The molecule has 0 saturated carbocycles. The number of likely N-dealkylation sites (tertiary alicyclic amines) is 1. The van der Waals surface area contributed by atoms with E-state index in [0.717, 1.165) is 13.1 Å². The van der Waals surface area contributed by atoms with E-state index in [1.807, 2.05) is 13.8 Å². The lowest BCUT2D eigenvalue weighted by atomic mass is 10.2. The molecule has 1 aliphatic heterocycles. The molecule has 0 spiro atoms. The molecule has 1 N–H and O–H groups in total. The molecule has 1 fully saturated rings. The van der Waals surface area contributed by atoms with Crippen molar-refractivity contribution in [3.05, 3.63) is 0 Å². The van der Waals surface area contributed by atoms with Gasteiger partial charge in [0.25, 0.3) is 0 Å². The van der Waals surface area contributed by atoms with E-state index in [4.69, 9.17) is 9.47 Å². The quantitative estimate of drug-likeness (QED) is 0.635. The number of likely N-dealkylation sites (N-methyl/N-ethyl adjacent to an activating group) is 1. The maximum atomic E-state index is 5.47. The highest BCUT2D eigenvalue weighted by molar-refractivity contribution is 4.78. The van der Waals surface area contributed by atoms with Crippen LogP contribution in [0, 0.1) is 0 Å². The van der Waals surface area contributed by atoms with Gasteiger partial charge in [0.2, 0.25) is 0 Å². The highest BCUT2D eigenvalue weighted by Gasteiger charge is 2.20. The minimum atomic E-state index is -0.0918. The largest absolute Gasteiger partial charge is 0.352 e. The molecule has 1 rings (SSSR count). The van der Waals surface area contributed by atoms with Gasteiger partial charge < -0.3 is 19.7 Å². The van der Waals surface area contributed by atoms with E-state index in [9.17, 15) is 0 Å². The van der Waals surface area contributed by atoms with Gasteiger partial charge in [-0.25, -0.2) is 0 Å². The van der Waals surface area contributed by atoms with Crippen LogP contribution in [0.5, 0.6) is 0 Å². The van der Waals surface area contributed by atoms with Crippen LogP contribution in [0.15, 0.2) is 0 Å². The molecule has 0 aliphatic carbocycles. The molecular formula is C11H24N2O2. The third-order valence-electron chi connectivity index (χ3n) is 2.67. The summed E-state index contributed by atoms with van der Waals surface area (Å²) < 4.78 is 10.9. The van der Waals surface area contributed by atoms with Crippen molar-refractivity contribution >= 4 is 0 Å². The molecule has 4 nitrogen and oxygen atoms in total. The fraction of sp³-hybridized carbons (Fsp3) is 1.00. The van der Waals surface area contributed by atoms with Crippen molar-refractivity contribution in [3.8, 4) is 0 Å². The molecule has 0 amide bonds. The zero-order chi connectivity index (χ0) is 11.1. The van der Waals surface area contributed by atoms with Gasteiger partial charge in [-0.3, -0.25) is 0 Å². The number of nitrogens with zero attached hydrogens (tertiary/aromatic N) is 1. The Labute approximate surface area is 92.9 Å². The molecular weight excluding hydrogens is 192 g/mol. The fourth-order valence-corrected chi connectivity index (χ4v) is 1.90. The maximum Gasteiger partial charge on any atom is 0.169 e. The summed E-state index contributed by atoms with van der Waals surface area (Å²) in [6.45, 7) is 8.51. The number of nitrogens with one attached hydrogen (secondary N) is 1. The molecule has 1 atom stereocenters. The van der Waals surface area contributed by atoms with Gasteiger partial charge in [0, 0.05) is 32.3 Å². The summed E-state index contributed by atoms with van der Waals surface area (Å²) in [6.07, 6.45) is 1.13. The highest BCUT2D eigenvalue weighted by Crippen LogP contribution is 2.06. The van der Waals surface area contributed by atoms with Crippen molar-refractivity contribution in [1.29, 1.82) is 0 Å². The summed E-state index contributed by atoms with van der Waals surface area (Å²) in [5.74, 6) is 0. The van der Waals surface area contributed by atoms with Crippen LogP contribution in [-0.4, -0.2) is 57.1 Å². The average molecular weight is 216 g/mol. The van der Waals surface area contributed by atoms with E-state index in [0.29, 0.717) is 19.3 Å². The SMILES string of the molecule is CCOC(CN[C@@H]1CCN(C)C1)OCC. The van der Waals surface area contributed by atoms with Crippen LogP contribution in [0.2, 0.25) is 0 Å². The molecule has 1 saturated heterocycles. The van der Waals surface area contributed by atoms with Crippen molar-refractivity contribution in [2.45, 2.75) is 32.6 Å². The van der Waals surface area contributed by atoms with Crippen molar-refractivity contribution in [2.75, 3.05) is 39.9 Å². The minimum absolute atomic E-state index is 0.0918. The lowest BCUT2D eigenvalue weighted by Gasteiger charge is -2.20. The van der Waals surface area contributed by atoms with Gasteiger partial charge in [-0.15, -0.1) is 0 Å². The first-order chi connectivity index (χ1) is 7.26. The van der Waals surface area contributed by atoms with Crippen LogP contribution in [0.1, 0.15) is 20.3 Å². The number of rotatable bonds is 7. The van der Waals surface area contributed by atoms with Crippen LogP contribution in [-0.2, 0) is 9.47 Å². The van der Waals surface area contributed by atoms with E-state index < -0.39 is 0 Å². The van der Waals surface area contributed by atoms with Crippen molar-refractivity contribution in [2.24, 2.45) is 0 Å². The van der Waals surface area contributed by atoms with Crippen LogP contribution >= 0.6 is 0 Å². The van der Waals surface area contributed by atoms with Gasteiger partial charge in [-0.05, 0) is 33.9 Å². The smallest absolute Gasteiger partial charge is 0.169 e. The van der Waals surface area contributed by atoms with E-state index in [-0.39, 0.29) is 6.29 Å². The van der Waals surface area contributed by atoms with Crippen LogP contribution < -0.4 is 5.32 Å². The summed E-state index contributed by atoms with van der Waals surface area (Å²) in [6, 6.07) is 0.596. The normalized spacial score (nSPS) is 22.8. The second kappa shape index (κ2) is 7.17. The van der Waals surface area contributed by atoms with Crippen molar-refractivity contribution < 1.29 is 9.47 Å². The van der Waals surface area contributed by atoms with Crippen molar-refractivity contribution in [1.82, 2.24) is 10.2 Å². The summed E-state index contributed by atoms with van der Waals surface area (Å²) in [4.78, 5) is 2.34. The van der Waals surface area contributed by atoms with E-state index in [2.05, 4.69) is 17.3 Å². The molecule has 0 aromatic rings. The van der Waals surface area contributed by atoms with E-state index >= 15 is 0 Å². The fourth-order valence-electron chi connectivity index (χ4n) is 1.90. The minimum Gasteiger partial charge on any atom is -0.352 e. The van der Waals surface area contributed by atoms with Gasteiger partial charge >= 0.3 is 0 Å². The van der Waals surface area contributed by atoms with Crippen LogP contribution in [0.4, 0.5) is 0 Å². The Bertz CT molecular complexity index is 161. The molecule has 1 heterocycles. The standard InChI is InChI=1S/C11H24N2O2/c1-4-14-11(15-5-2)8-12-10-6-7-13(3)9-10/h10-12H,4-9H2,1-3H3/t10-/m1/s1. The molecule has 90 valence electrons. The molecule has 15 heavy (non-hydrogen) atoms. The Balaban J connectivity index is 2.15. The zero-order valence-corrected chi connectivity index (χ0v) is 10.2. The van der Waals surface area contributed by atoms with Gasteiger partial charge in [0.1, 0.15) is 0 Å². The lowest BCUT2D eigenvalue weighted by Crippen LogP contribution is -2.39. The third kappa shape index (κ3) is 4.93. The Kier molecular flexibility index (Phi) is 6.17. The summed E-state index contributed by atoms with van der Waals surface area (Å²) in [5.41, 5.74) is 0. The predicted molar refractivity (Wildman–Crippen MR) is 60.9 cm³/mol. The zero-order valence-electron chi connectivity index (χ0n) is 10.2. The first-order valence-electron chi connectivity index (χ1n) is 5.91. The third-order valence-corrected chi connectivity index (χ3v) is 2.67. The molecule has 0 aromatic heterocycles. The lowest BCUT2D eigenvalue weighted by molar-refractivity contribution is -0.133. The Morgan fingerprint density at radius 1 is 1.33 bits per heavy atom. The summed E-state index contributed by atoms with van der Waals surface area (Å²) >= 11 is 0. The predicted octanol–water partition coefficient (Wildman–Crippen LogP) is 0.679. The highest BCUT2D eigenvalue weighted by atomic mass is 16.7. The number of ether oxygens (including phenoxy) is 2. The topological polar surface area (TPSA) is 33.7 Å². The molecule has 0 unspecified atom stereocenters. The maximum absolute atomic E-state index is 5.47. The Morgan fingerprint density at radius 3 is 2.47 bits per heavy atom. The molecule has 0 aromatic carbocycles. The van der Waals surface area contributed by atoms with Gasteiger partial charge in [0.15, 0.2) is 6.29 Å². The second-order valence-electron chi connectivity index (χ2n) is 4.00. The van der Waals surface area contributed by atoms with Crippen LogP contribution in [0.25, 0.3) is 0 Å². The number of hydrogen-bond donors (Lipinski definition) is 1. The van der Waals surface area contributed by atoms with E-state index in [1.54, 1.807) is 0 Å². The number of hydrogen-bond acceptors (Lipinski definition) is 4. The van der Waals surface area contributed by atoms with E-state index in [1.165, 1.54) is 13.0 Å². The monoisotopic (exact) mass is 216 g/mol. The van der Waals surface area contributed by atoms with Crippen molar-refractivity contribution in [3.63, 3.8) is 0 Å². The first-order valence-corrected chi connectivity index (χ1v) is 5.91. The Hall–Kier alpha value is -0.160. The second-order valence-corrected chi connectivity index (χ2v) is 4.00. The average Bonchev–Trinajstić information content (AvgIpc) is 2.61. The molecule has 4 heteroatoms. The molecule has 1 aliphatic rings. The Morgan fingerprint density at radius 2 is 2.00 bits per heavy atom. The van der Waals surface area contributed by atoms with Gasteiger partial charge in [-0.1, -0.05) is 0 Å².